The molecule has 0 aliphatic carbocycles. The van der Waals surface area contributed by atoms with Gasteiger partial charge in [0.15, 0.2) is 0 Å². The van der Waals surface area contributed by atoms with Gasteiger partial charge in [-0.15, -0.1) is 0 Å². The maximum Gasteiger partial charge on any atom is 0.341 e. The number of halogens is 2. The fourth-order valence-corrected chi connectivity index (χ4v) is 1.34. The van der Waals surface area contributed by atoms with Crippen LogP contribution in [0, 0.1) is 11.6 Å². The van der Waals surface area contributed by atoms with Crippen LogP contribution in [0.15, 0.2) is 12.1 Å². The third kappa shape index (κ3) is 4.82. The van der Waals surface area contributed by atoms with Gasteiger partial charge in [-0.3, -0.25) is 0 Å². The van der Waals surface area contributed by atoms with Crippen molar-refractivity contribution in [1.82, 2.24) is 0 Å². The van der Waals surface area contributed by atoms with E-state index < -0.39 is 17.6 Å². The Labute approximate surface area is 110 Å². The van der Waals surface area contributed by atoms with Crippen molar-refractivity contribution in [3.63, 3.8) is 0 Å². The van der Waals surface area contributed by atoms with E-state index in [0.29, 0.717) is 12.7 Å². The van der Waals surface area contributed by atoms with E-state index >= 15 is 0 Å². The molecule has 0 aromatic heterocycles. The quantitative estimate of drug-likeness (QED) is 0.471. The third-order valence-electron chi connectivity index (χ3n) is 2.41. The largest absolute Gasteiger partial charge is 0.460 e. The maximum absolute atomic E-state index is 13.3. The summed E-state index contributed by atoms with van der Waals surface area (Å²) >= 11 is 0. The molecule has 4 nitrogen and oxygen atoms in total. The first kappa shape index (κ1) is 15.4. The van der Waals surface area contributed by atoms with E-state index in [9.17, 15) is 13.6 Å². The Bertz CT molecular complexity index is 438. The lowest BCUT2D eigenvalue weighted by molar-refractivity contribution is 0.0309. The highest BCUT2D eigenvalue weighted by atomic mass is 19.1. The zero-order valence-corrected chi connectivity index (χ0v) is 10.7. The van der Waals surface area contributed by atoms with Crippen molar-refractivity contribution < 1.29 is 23.0 Å². The Morgan fingerprint density at radius 3 is 2.63 bits per heavy atom. The molecule has 0 saturated heterocycles. The van der Waals surface area contributed by atoms with Crippen LogP contribution in [0.3, 0.4) is 0 Å². The number of carbonyl (C=O) groups excluding carboxylic acids is 1. The minimum atomic E-state index is -0.997. The second-order valence-electron chi connectivity index (χ2n) is 3.96. The van der Waals surface area contributed by atoms with Crippen LogP contribution in [-0.4, -0.2) is 25.8 Å². The van der Waals surface area contributed by atoms with Crippen LogP contribution in [0.1, 0.15) is 30.1 Å². The van der Waals surface area contributed by atoms with Gasteiger partial charge >= 0.3 is 5.97 Å². The number of ether oxygens (including phenoxy) is 2. The molecule has 1 aromatic rings. The molecule has 1 rings (SSSR count). The van der Waals surface area contributed by atoms with Gasteiger partial charge in [0.25, 0.3) is 0 Å². The van der Waals surface area contributed by atoms with Crippen LogP contribution in [0.2, 0.25) is 0 Å². The molecule has 6 heteroatoms. The van der Waals surface area contributed by atoms with Crippen molar-refractivity contribution in [2.24, 2.45) is 0 Å². The summed E-state index contributed by atoms with van der Waals surface area (Å²) in [4.78, 5) is 11.5. The van der Waals surface area contributed by atoms with Gasteiger partial charge in [0.05, 0.1) is 17.9 Å². The van der Waals surface area contributed by atoms with Gasteiger partial charge < -0.3 is 15.2 Å². The molecule has 0 aliphatic rings. The first-order chi connectivity index (χ1) is 9.06. The number of unbranched alkanes of at least 4 members (excludes halogenated alkanes) is 1. The summed E-state index contributed by atoms with van der Waals surface area (Å²) in [7, 11) is 0. The molecule has 0 spiro atoms. The molecule has 0 bridgehead atoms. The van der Waals surface area contributed by atoms with Crippen LogP contribution in [0.25, 0.3) is 0 Å². The second-order valence-corrected chi connectivity index (χ2v) is 3.96. The number of nitrogens with two attached hydrogens (primary N) is 1. The molecule has 0 aliphatic heterocycles. The number of hydrogen-bond donors (Lipinski definition) is 1. The van der Waals surface area contributed by atoms with Gasteiger partial charge in [-0.05, 0) is 12.5 Å². The number of rotatable bonds is 7. The lowest BCUT2D eigenvalue weighted by Gasteiger charge is -2.07. The van der Waals surface area contributed by atoms with Crippen LogP contribution in [-0.2, 0) is 9.47 Å². The fraction of sp³-hybridized carbons (Fsp3) is 0.462. The Morgan fingerprint density at radius 2 is 1.95 bits per heavy atom. The summed E-state index contributed by atoms with van der Waals surface area (Å²) in [6, 6.07) is 1.48. The number of benzene rings is 1. The van der Waals surface area contributed by atoms with E-state index in [-0.39, 0.29) is 24.5 Å². The molecule has 1 aromatic carbocycles. The molecule has 0 amide bonds. The number of anilines is 1. The first-order valence-electron chi connectivity index (χ1n) is 6.05. The zero-order valence-electron chi connectivity index (χ0n) is 10.7. The van der Waals surface area contributed by atoms with Crippen molar-refractivity contribution in [3.8, 4) is 0 Å². The Balaban J connectivity index is 2.43. The lowest BCUT2D eigenvalue weighted by Crippen LogP contribution is -2.13. The molecule has 106 valence electrons. The molecular formula is C13H17F2NO3. The highest BCUT2D eigenvalue weighted by molar-refractivity contribution is 5.90. The number of esters is 1. The van der Waals surface area contributed by atoms with Crippen molar-refractivity contribution in [2.75, 3.05) is 25.6 Å². The number of hydrogen-bond acceptors (Lipinski definition) is 4. The van der Waals surface area contributed by atoms with Gasteiger partial charge in [-0.2, -0.15) is 0 Å². The predicted molar refractivity (Wildman–Crippen MR) is 66.8 cm³/mol. The normalized spacial score (nSPS) is 10.5. The minimum Gasteiger partial charge on any atom is -0.460 e. The van der Waals surface area contributed by atoms with E-state index in [1.54, 1.807) is 0 Å². The molecule has 19 heavy (non-hydrogen) atoms. The van der Waals surface area contributed by atoms with E-state index in [4.69, 9.17) is 15.2 Å². The Kier molecular flexibility index (Phi) is 6.21. The lowest BCUT2D eigenvalue weighted by atomic mass is 10.2. The van der Waals surface area contributed by atoms with E-state index in [0.717, 1.165) is 18.9 Å². The summed E-state index contributed by atoms with van der Waals surface area (Å²) in [5, 5.41) is 0. The average Bonchev–Trinajstić information content (AvgIpc) is 2.37. The SMILES string of the molecule is CCCCOCCOC(=O)c1cc(N)c(F)cc1F. The molecule has 0 unspecified atom stereocenters. The van der Waals surface area contributed by atoms with E-state index in [1.165, 1.54) is 0 Å². The molecule has 0 atom stereocenters. The zero-order chi connectivity index (χ0) is 14.3. The first-order valence-corrected chi connectivity index (χ1v) is 6.05. The van der Waals surface area contributed by atoms with Crippen LogP contribution < -0.4 is 5.73 Å². The van der Waals surface area contributed by atoms with Crippen molar-refractivity contribution in [3.05, 3.63) is 29.3 Å². The summed E-state index contributed by atoms with van der Waals surface area (Å²) in [6.07, 6.45) is 1.94. The fourth-order valence-electron chi connectivity index (χ4n) is 1.34. The molecular weight excluding hydrogens is 256 g/mol. The molecule has 0 saturated carbocycles. The smallest absolute Gasteiger partial charge is 0.341 e. The van der Waals surface area contributed by atoms with Gasteiger partial charge in [0, 0.05) is 12.7 Å². The minimum absolute atomic E-state index is 0.0132. The molecule has 0 heterocycles. The molecule has 0 fully saturated rings. The Morgan fingerprint density at radius 1 is 1.21 bits per heavy atom. The van der Waals surface area contributed by atoms with Crippen LogP contribution in [0.4, 0.5) is 14.5 Å². The molecule has 2 N–H and O–H groups in total. The standard InChI is InChI=1S/C13H17F2NO3/c1-2-3-4-18-5-6-19-13(17)9-7-12(16)11(15)8-10(9)14/h7-8H,2-6,16H2,1H3. The molecule has 0 radical (unpaired) electrons. The highest BCUT2D eigenvalue weighted by Gasteiger charge is 2.16. The monoisotopic (exact) mass is 273 g/mol. The Hall–Kier alpha value is -1.69. The summed E-state index contributed by atoms with van der Waals surface area (Å²) in [5.74, 6) is -2.79. The van der Waals surface area contributed by atoms with Crippen LogP contribution >= 0.6 is 0 Å². The number of carbonyl (C=O) groups is 1. The van der Waals surface area contributed by atoms with Crippen LogP contribution in [0.5, 0.6) is 0 Å². The maximum atomic E-state index is 13.3. The van der Waals surface area contributed by atoms with Crippen molar-refractivity contribution >= 4 is 11.7 Å². The predicted octanol–water partition coefficient (Wildman–Crippen LogP) is 2.52. The average molecular weight is 273 g/mol. The van der Waals surface area contributed by atoms with Gasteiger partial charge in [-0.25, -0.2) is 13.6 Å². The summed E-state index contributed by atoms with van der Waals surface area (Å²) in [6.45, 7) is 2.88. The van der Waals surface area contributed by atoms with Crippen molar-refractivity contribution in [1.29, 1.82) is 0 Å². The van der Waals surface area contributed by atoms with Crippen molar-refractivity contribution in [2.45, 2.75) is 19.8 Å². The second kappa shape index (κ2) is 7.68. The summed E-state index contributed by atoms with van der Waals surface area (Å²) < 4.78 is 36.2. The van der Waals surface area contributed by atoms with Gasteiger partial charge in [-0.1, -0.05) is 13.3 Å². The van der Waals surface area contributed by atoms with E-state index in [1.807, 2.05) is 6.92 Å². The van der Waals surface area contributed by atoms with Gasteiger partial charge in [0.1, 0.15) is 18.2 Å². The number of nitrogen functional groups attached to an aromatic ring is 1. The van der Waals surface area contributed by atoms with Gasteiger partial charge in [0.2, 0.25) is 0 Å². The highest BCUT2D eigenvalue weighted by Crippen LogP contribution is 2.17. The summed E-state index contributed by atoms with van der Waals surface area (Å²) in [5.41, 5.74) is 4.58. The van der Waals surface area contributed by atoms with E-state index in [2.05, 4.69) is 0 Å². The topological polar surface area (TPSA) is 61.5 Å². The third-order valence-corrected chi connectivity index (χ3v) is 2.41.